The van der Waals surface area contributed by atoms with Crippen molar-refractivity contribution < 1.29 is 43.0 Å². The number of hydrogen-bond donors (Lipinski definition) is 7. The van der Waals surface area contributed by atoms with Gasteiger partial charge >= 0.3 is 12.2 Å². The van der Waals surface area contributed by atoms with Crippen LogP contribution in [0.1, 0.15) is 64.0 Å². The van der Waals surface area contributed by atoms with E-state index in [1.165, 1.54) is 6.92 Å². The number of alkyl carbamates (subject to hydrolysis) is 2. The summed E-state index contributed by atoms with van der Waals surface area (Å²) in [5.74, 6) is -3.64. The third-order valence-electron chi connectivity index (χ3n) is 7.62. The minimum Gasteiger partial charge on any atom is -0.449 e. The second kappa shape index (κ2) is 18.9. The topological polar surface area (TPSA) is 236 Å². The van der Waals surface area contributed by atoms with E-state index in [9.17, 15) is 33.6 Å². The van der Waals surface area contributed by atoms with Crippen molar-refractivity contribution in [3.63, 3.8) is 0 Å². The number of ether oxygens (including phenoxy) is 2. The maximum atomic E-state index is 13.2. The molecule has 7 amide bonds. The van der Waals surface area contributed by atoms with Crippen LogP contribution in [0.4, 0.5) is 9.59 Å². The lowest BCUT2D eigenvalue weighted by Gasteiger charge is -2.20. The predicted molar refractivity (Wildman–Crippen MR) is 186 cm³/mol. The highest BCUT2D eigenvalue weighted by molar-refractivity contribution is 5.93. The second-order valence-electron chi connectivity index (χ2n) is 12.9. The zero-order valence-electron chi connectivity index (χ0n) is 29.3. The maximum absolute atomic E-state index is 13.2. The SMILES string of the molecule is C[C@H](NC(=O)CNC(=O)CNC(=O)[C@H](CCCCNC(=O)OC(C)(C)C)NC(=O)OCC1c2ccccc2-c2ccccc21)C(=O)NCC(N)=O. The molecule has 0 radical (unpaired) electrons. The van der Waals surface area contributed by atoms with Crippen LogP contribution in [0.2, 0.25) is 0 Å². The standard InChI is InChI=1S/C35H47N7O9/c1-21(31(46)39-17-28(36)43)41-30(45)19-38-29(44)18-40-32(47)27(15-9-10-16-37-33(48)51-35(2,3)4)42-34(49)50-20-26-24-13-7-5-11-22(24)23-12-6-8-14-25(23)26/h5-8,11-14,21,26-27H,9-10,15-20H2,1-4H3,(H2,36,43)(H,37,48)(H,38,44)(H,39,46)(H,40,47)(H,41,45)(H,42,49)/t21-,27-/m0/s1. The van der Waals surface area contributed by atoms with Gasteiger partial charge in [-0.2, -0.15) is 0 Å². The first kappa shape index (κ1) is 39.8. The minimum atomic E-state index is -1.09. The van der Waals surface area contributed by atoms with Crippen LogP contribution in [0, 0.1) is 0 Å². The van der Waals surface area contributed by atoms with Gasteiger partial charge in [0.1, 0.15) is 24.3 Å². The van der Waals surface area contributed by atoms with Gasteiger partial charge in [-0.3, -0.25) is 24.0 Å². The number of rotatable bonds is 17. The van der Waals surface area contributed by atoms with Gasteiger partial charge in [-0.1, -0.05) is 48.5 Å². The molecule has 1 aliphatic rings. The van der Waals surface area contributed by atoms with E-state index in [-0.39, 0.29) is 25.5 Å². The van der Waals surface area contributed by atoms with Crippen molar-refractivity contribution in [3.05, 3.63) is 59.7 Å². The summed E-state index contributed by atoms with van der Waals surface area (Å²) < 4.78 is 10.8. The van der Waals surface area contributed by atoms with Crippen LogP contribution in [-0.4, -0.2) is 92.2 Å². The van der Waals surface area contributed by atoms with Gasteiger partial charge in [0.15, 0.2) is 0 Å². The molecule has 0 unspecified atom stereocenters. The number of nitrogens with one attached hydrogen (secondary N) is 6. The summed E-state index contributed by atoms with van der Waals surface area (Å²) in [5, 5.41) is 14.6. The summed E-state index contributed by atoms with van der Waals surface area (Å²) in [5.41, 5.74) is 8.51. The first-order chi connectivity index (χ1) is 24.1. The minimum absolute atomic E-state index is 0.0316. The molecule has 0 bridgehead atoms. The van der Waals surface area contributed by atoms with Gasteiger partial charge in [-0.15, -0.1) is 0 Å². The molecular weight excluding hydrogens is 662 g/mol. The molecule has 51 heavy (non-hydrogen) atoms. The van der Waals surface area contributed by atoms with Crippen molar-refractivity contribution in [2.45, 2.75) is 70.6 Å². The number of carbonyl (C=O) groups is 7. The zero-order valence-corrected chi connectivity index (χ0v) is 29.3. The Morgan fingerprint density at radius 3 is 1.92 bits per heavy atom. The van der Waals surface area contributed by atoms with E-state index in [1.807, 2.05) is 48.5 Å². The van der Waals surface area contributed by atoms with Crippen molar-refractivity contribution in [1.29, 1.82) is 0 Å². The fourth-order valence-corrected chi connectivity index (χ4v) is 5.25. The lowest BCUT2D eigenvalue weighted by Crippen LogP contribution is -2.51. The highest BCUT2D eigenvalue weighted by Crippen LogP contribution is 2.44. The van der Waals surface area contributed by atoms with E-state index in [2.05, 4.69) is 31.9 Å². The number of fused-ring (bicyclic) bond motifs is 3. The van der Waals surface area contributed by atoms with Crippen LogP contribution >= 0.6 is 0 Å². The Hall–Kier alpha value is -5.67. The molecule has 2 atom stereocenters. The van der Waals surface area contributed by atoms with E-state index in [0.717, 1.165) is 22.3 Å². The smallest absolute Gasteiger partial charge is 0.407 e. The molecule has 2 aromatic rings. The fraction of sp³-hybridized carbons (Fsp3) is 0.457. The summed E-state index contributed by atoms with van der Waals surface area (Å²) in [4.78, 5) is 85.4. The Morgan fingerprint density at radius 1 is 0.725 bits per heavy atom. The lowest BCUT2D eigenvalue weighted by molar-refractivity contribution is -0.130. The quantitative estimate of drug-likeness (QED) is 0.116. The van der Waals surface area contributed by atoms with Crippen LogP contribution in [0.25, 0.3) is 11.1 Å². The molecule has 0 saturated carbocycles. The third-order valence-corrected chi connectivity index (χ3v) is 7.62. The van der Waals surface area contributed by atoms with Crippen LogP contribution in [0.3, 0.4) is 0 Å². The number of benzene rings is 2. The van der Waals surface area contributed by atoms with Gasteiger partial charge in [0.25, 0.3) is 0 Å². The van der Waals surface area contributed by atoms with Gasteiger partial charge in [-0.05, 0) is 69.2 Å². The molecule has 0 heterocycles. The third kappa shape index (κ3) is 13.3. The molecule has 16 nitrogen and oxygen atoms in total. The molecular formula is C35H47N7O9. The molecule has 0 spiro atoms. The van der Waals surface area contributed by atoms with E-state index in [0.29, 0.717) is 12.8 Å². The Labute approximate surface area is 296 Å². The number of carbonyl (C=O) groups excluding carboxylic acids is 7. The van der Waals surface area contributed by atoms with Crippen LogP contribution in [0.15, 0.2) is 48.5 Å². The highest BCUT2D eigenvalue weighted by atomic mass is 16.6. The van der Waals surface area contributed by atoms with Gasteiger partial charge < -0.3 is 47.1 Å². The van der Waals surface area contributed by atoms with Gasteiger partial charge in [0.05, 0.1) is 19.6 Å². The molecule has 8 N–H and O–H groups in total. The van der Waals surface area contributed by atoms with Gasteiger partial charge in [0, 0.05) is 12.5 Å². The molecule has 3 rings (SSSR count). The Kier molecular flexibility index (Phi) is 14.8. The fourth-order valence-electron chi connectivity index (χ4n) is 5.25. The summed E-state index contributed by atoms with van der Waals surface area (Å²) in [7, 11) is 0. The first-order valence-electron chi connectivity index (χ1n) is 16.6. The summed E-state index contributed by atoms with van der Waals surface area (Å²) in [6.45, 7) is 5.53. The normalized spacial score (nSPS) is 12.9. The molecule has 276 valence electrons. The summed E-state index contributed by atoms with van der Waals surface area (Å²) >= 11 is 0. The van der Waals surface area contributed by atoms with Crippen LogP contribution in [-0.2, 0) is 33.4 Å². The van der Waals surface area contributed by atoms with Crippen LogP contribution in [0.5, 0.6) is 0 Å². The van der Waals surface area contributed by atoms with Crippen molar-refractivity contribution in [3.8, 4) is 11.1 Å². The molecule has 2 aromatic carbocycles. The zero-order chi connectivity index (χ0) is 37.6. The molecule has 16 heteroatoms. The van der Waals surface area contributed by atoms with E-state index < -0.39 is 79.0 Å². The monoisotopic (exact) mass is 709 g/mol. The molecule has 1 aliphatic carbocycles. The molecule has 0 aliphatic heterocycles. The highest BCUT2D eigenvalue weighted by Gasteiger charge is 2.30. The molecule has 0 aromatic heterocycles. The Balaban J connectivity index is 1.53. The predicted octanol–water partition coefficient (Wildman–Crippen LogP) is 0.927. The van der Waals surface area contributed by atoms with Crippen molar-refractivity contribution in [1.82, 2.24) is 31.9 Å². The van der Waals surface area contributed by atoms with Crippen molar-refractivity contribution in [2.24, 2.45) is 5.73 Å². The molecule has 0 saturated heterocycles. The van der Waals surface area contributed by atoms with E-state index >= 15 is 0 Å². The number of unbranched alkanes of at least 4 members (excludes halogenated alkanes) is 1. The van der Waals surface area contributed by atoms with E-state index in [4.69, 9.17) is 15.2 Å². The first-order valence-corrected chi connectivity index (χ1v) is 16.6. The number of hydrogen-bond acceptors (Lipinski definition) is 9. The lowest BCUT2D eigenvalue weighted by atomic mass is 9.98. The van der Waals surface area contributed by atoms with Gasteiger partial charge in [-0.25, -0.2) is 9.59 Å². The molecule has 0 fully saturated rings. The average molecular weight is 710 g/mol. The average Bonchev–Trinajstić information content (AvgIpc) is 3.39. The van der Waals surface area contributed by atoms with Crippen molar-refractivity contribution in [2.75, 3.05) is 32.8 Å². The maximum Gasteiger partial charge on any atom is 0.407 e. The number of amides is 7. The number of primary amides is 1. The second-order valence-corrected chi connectivity index (χ2v) is 12.9. The van der Waals surface area contributed by atoms with Crippen LogP contribution < -0.4 is 37.6 Å². The van der Waals surface area contributed by atoms with Gasteiger partial charge in [0.2, 0.25) is 29.5 Å². The largest absolute Gasteiger partial charge is 0.449 e. The summed E-state index contributed by atoms with van der Waals surface area (Å²) in [6.07, 6.45) is -0.363. The Morgan fingerprint density at radius 2 is 1.31 bits per heavy atom. The van der Waals surface area contributed by atoms with Crippen molar-refractivity contribution >= 4 is 41.7 Å². The summed E-state index contributed by atoms with van der Waals surface area (Å²) in [6, 6.07) is 13.7. The van der Waals surface area contributed by atoms with E-state index in [1.54, 1.807) is 20.8 Å². The Bertz CT molecular complexity index is 1550. The number of nitrogens with two attached hydrogens (primary N) is 1.